The lowest BCUT2D eigenvalue weighted by Crippen LogP contribution is -2.30. The van der Waals surface area contributed by atoms with E-state index in [0.29, 0.717) is 11.9 Å². The van der Waals surface area contributed by atoms with Crippen molar-refractivity contribution >= 4 is 0 Å². The van der Waals surface area contributed by atoms with Gasteiger partial charge in [0.15, 0.2) is 0 Å². The van der Waals surface area contributed by atoms with Crippen molar-refractivity contribution in [2.75, 3.05) is 20.2 Å². The van der Waals surface area contributed by atoms with Crippen molar-refractivity contribution < 1.29 is 4.74 Å². The number of aromatic nitrogens is 2. The van der Waals surface area contributed by atoms with Crippen LogP contribution in [0, 0.1) is 0 Å². The predicted octanol–water partition coefficient (Wildman–Crippen LogP) is 0.950. The zero-order chi connectivity index (χ0) is 9.80. The van der Waals surface area contributed by atoms with Gasteiger partial charge in [0.2, 0.25) is 5.88 Å². The van der Waals surface area contributed by atoms with Crippen LogP contribution in [0.5, 0.6) is 5.88 Å². The average Bonchev–Trinajstić information content (AvgIpc) is 2.63. The van der Waals surface area contributed by atoms with Crippen LogP contribution in [0.4, 0.5) is 0 Å². The van der Waals surface area contributed by atoms with E-state index < -0.39 is 0 Å². The van der Waals surface area contributed by atoms with Crippen molar-refractivity contribution in [3.8, 4) is 5.88 Å². The summed E-state index contributed by atoms with van der Waals surface area (Å²) in [5.74, 6) is 0.618. The Morgan fingerprint density at radius 1 is 1.57 bits per heavy atom. The average molecular weight is 193 g/mol. The summed E-state index contributed by atoms with van der Waals surface area (Å²) in [6.07, 6.45) is 7.43. The summed E-state index contributed by atoms with van der Waals surface area (Å²) in [7, 11) is 2.14. The fourth-order valence-corrected chi connectivity index (χ4v) is 1.73. The summed E-state index contributed by atoms with van der Waals surface area (Å²) >= 11 is 0. The van der Waals surface area contributed by atoms with Gasteiger partial charge in [-0.3, -0.25) is 4.98 Å². The Kier molecular flexibility index (Phi) is 2.93. The maximum Gasteiger partial charge on any atom is 0.232 e. The summed E-state index contributed by atoms with van der Waals surface area (Å²) in [5.41, 5.74) is 0. The van der Waals surface area contributed by atoms with E-state index in [9.17, 15) is 0 Å². The summed E-state index contributed by atoms with van der Waals surface area (Å²) in [4.78, 5) is 10.3. The van der Waals surface area contributed by atoms with E-state index in [0.717, 1.165) is 6.61 Å². The van der Waals surface area contributed by atoms with Crippen LogP contribution in [-0.2, 0) is 0 Å². The number of likely N-dealkylation sites (N-methyl/N-ethyl adjacent to an activating group) is 1. The van der Waals surface area contributed by atoms with Crippen molar-refractivity contribution in [1.82, 2.24) is 14.9 Å². The molecule has 0 spiro atoms. The van der Waals surface area contributed by atoms with E-state index >= 15 is 0 Å². The molecule has 0 amide bonds. The molecule has 1 aromatic heterocycles. The van der Waals surface area contributed by atoms with Gasteiger partial charge in [-0.1, -0.05) is 0 Å². The Balaban J connectivity index is 1.82. The van der Waals surface area contributed by atoms with E-state index in [1.165, 1.54) is 19.4 Å². The molecule has 0 radical (unpaired) electrons. The molecule has 1 atom stereocenters. The highest BCUT2D eigenvalue weighted by atomic mass is 16.5. The topological polar surface area (TPSA) is 38.2 Å². The lowest BCUT2D eigenvalue weighted by molar-refractivity contribution is 0.193. The van der Waals surface area contributed by atoms with Crippen LogP contribution >= 0.6 is 0 Å². The van der Waals surface area contributed by atoms with Gasteiger partial charge in [-0.05, 0) is 26.4 Å². The van der Waals surface area contributed by atoms with Gasteiger partial charge >= 0.3 is 0 Å². The van der Waals surface area contributed by atoms with Gasteiger partial charge < -0.3 is 9.64 Å². The number of rotatable bonds is 3. The van der Waals surface area contributed by atoms with Crippen molar-refractivity contribution in [3.63, 3.8) is 0 Å². The molecule has 4 nitrogen and oxygen atoms in total. The van der Waals surface area contributed by atoms with Crippen LogP contribution in [-0.4, -0.2) is 41.1 Å². The highest BCUT2D eigenvalue weighted by Crippen LogP contribution is 2.15. The first-order valence-electron chi connectivity index (χ1n) is 4.95. The van der Waals surface area contributed by atoms with Crippen molar-refractivity contribution in [1.29, 1.82) is 0 Å². The minimum Gasteiger partial charge on any atom is -0.475 e. The minimum atomic E-state index is 0.539. The molecule has 0 aliphatic carbocycles. The molecule has 0 bridgehead atoms. The van der Waals surface area contributed by atoms with Crippen LogP contribution in [0.2, 0.25) is 0 Å². The quantitative estimate of drug-likeness (QED) is 0.716. The Morgan fingerprint density at radius 3 is 3.14 bits per heavy atom. The third-order valence-electron chi connectivity index (χ3n) is 2.63. The van der Waals surface area contributed by atoms with Gasteiger partial charge in [0.25, 0.3) is 0 Å². The van der Waals surface area contributed by atoms with Gasteiger partial charge in [0.05, 0.1) is 6.20 Å². The molecule has 0 saturated carbocycles. The fourth-order valence-electron chi connectivity index (χ4n) is 1.73. The molecule has 1 fully saturated rings. The van der Waals surface area contributed by atoms with Gasteiger partial charge in [-0.2, -0.15) is 0 Å². The second kappa shape index (κ2) is 4.37. The van der Waals surface area contributed by atoms with Crippen molar-refractivity contribution in [2.45, 2.75) is 18.9 Å². The molecule has 2 rings (SSSR count). The molecule has 0 aromatic carbocycles. The fraction of sp³-hybridized carbons (Fsp3) is 0.600. The lowest BCUT2D eigenvalue weighted by atomic mass is 10.2. The Labute approximate surface area is 83.9 Å². The number of hydrogen-bond donors (Lipinski definition) is 0. The maximum absolute atomic E-state index is 5.55. The van der Waals surface area contributed by atoms with E-state index in [2.05, 4.69) is 21.9 Å². The smallest absolute Gasteiger partial charge is 0.232 e. The first kappa shape index (κ1) is 9.40. The molecule has 1 aromatic rings. The maximum atomic E-state index is 5.55. The van der Waals surface area contributed by atoms with Crippen molar-refractivity contribution in [2.24, 2.45) is 0 Å². The molecule has 1 saturated heterocycles. The molecule has 0 N–H and O–H groups in total. The molecule has 2 heterocycles. The van der Waals surface area contributed by atoms with Crippen LogP contribution in [0.15, 0.2) is 18.6 Å². The summed E-state index contributed by atoms with van der Waals surface area (Å²) in [6, 6.07) is 0.539. The first-order chi connectivity index (χ1) is 6.86. The number of ether oxygens (including phenoxy) is 1. The monoisotopic (exact) mass is 193 g/mol. The highest BCUT2D eigenvalue weighted by molar-refractivity contribution is 5.01. The third kappa shape index (κ3) is 2.20. The zero-order valence-corrected chi connectivity index (χ0v) is 8.39. The zero-order valence-electron chi connectivity index (χ0n) is 8.39. The van der Waals surface area contributed by atoms with Crippen molar-refractivity contribution in [3.05, 3.63) is 18.6 Å². The third-order valence-corrected chi connectivity index (χ3v) is 2.63. The second-order valence-corrected chi connectivity index (χ2v) is 3.63. The van der Waals surface area contributed by atoms with Gasteiger partial charge in [-0.25, -0.2) is 4.98 Å². The summed E-state index contributed by atoms with van der Waals surface area (Å²) in [5, 5.41) is 0. The summed E-state index contributed by atoms with van der Waals surface area (Å²) < 4.78 is 5.55. The van der Waals surface area contributed by atoms with Gasteiger partial charge in [-0.15, -0.1) is 0 Å². The Hall–Kier alpha value is -1.16. The number of hydrogen-bond acceptors (Lipinski definition) is 4. The molecule has 14 heavy (non-hydrogen) atoms. The molecular weight excluding hydrogens is 178 g/mol. The molecule has 1 aliphatic rings. The minimum absolute atomic E-state index is 0.539. The second-order valence-electron chi connectivity index (χ2n) is 3.63. The van der Waals surface area contributed by atoms with E-state index in [4.69, 9.17) is 4.74 Å². The van der Waals surface area contributed by atoms with Gasteiger partial charge in [0.1, 0.15) is 6.61 Å². The van der Waals surface area contributed by atoms with Crippen LogP contribution < -0.4 is 4.74 Å². The van der Waals surface area contributed by atoms with Gasteiger partial charge in [0, 0.05) is 18.4 Å². The molecule has 4 heteroatoms. The Bertz CT molecular complexity index is 278. The predicted molar refractivity (Wildman–Crippen MR) is 53.2 cm³/mol. The van der Waals surface area contributed by atoms with E-state index in [1.807, 2.05) is 0 Å². The first-order valence-corrected chi connectivity index (χ1v) is 4.95. The highest BCUT2D eigenvalue weighted by Gasteiger charge is 2.21. The normalized spacial score (nSPS) is 22.5. The number of nitrogens with zero attached hydrogens (tertiary/aromatic N) is 3. The van der Waals surface area contributed by atoms with Crippen LogP contribution in [0.1, 0.15) is 12.8 Å². The Morgan fingerprint density at radius 2 is 2.50 bits per heavy atom. The SMILES string of the molecule is CN1CCC[C@H]1COc1cnccn1. The van der Waals surface area contributed by atoms with E-state index in [-0.39, 0.29) is 0 Å². The lowest BCUT2D eigenvalue weighted by Gasteiger charge is -2.18. The molecule has 1 aliphatic heterocycles. The summed E-state index contributed by atoms with van der Waals surface area (Å²) in [6.45, 7) is 1.89. The molecule has 76 valence electrons. The molecule has 0 unspecified atom stereocenters. The standard InChI is InChI=1S/C10H15N3O/c1-13-6-2-3-9(13)8-14-10-7-11-4-5-12-10/h4-5,7,9H,2-3,6,8H2,1H3/t9-/m0/s1. The largest absolute Gasteiger partial charge is 0.475 e. The van der Waals surface area contributed by atoms with E-state index in [1.54, 1.807) is 18.6 Å². The number of likely N-dealkylation sites (tertiary alicyclic amines) is 1. The van der Waals surface area contributed by atoms with Crippen LogP contribution in [0.3, 0.4) is 0 Å². The van der Waals surface area contributed by atoms with Crippen LogP contribution in [0.25, 0.3) is 0 Å². The molecular formula is C10H15N3O.